The molecule has 0 fully saturated rings. The molecule has 0 aliphatic rings. The lowest BCUT2D eigenvalue weighted by molar-refractivity contribution is 0.0953. The molecule has 128 valence electrons. The first-order valence-corrected chi connectivity index (χ1v) is 8.12. The number of carbonyl (C=O) groups excluding carboxylic acids is 1. The molecule has 3 aromatic rings. The first-order valence-electron chi connectivity index (χ1n) is 8.12. The van der Waals surface area contributed by atoms with Crippen LogP contribution in [-0.2, 0) is 0 Å². The average Bonchev–Trinajstić information content (AvgIpc) is 3.20. The lowest BCUT2D eigenvalue weighted by Crippen LogP contribution is -2.29. The summed E-state index contributed by atoms with van der Waals surface area (Å²) in [6.07, 6.45) is 2.32. The van der Waals surface area contributed by atoms with Gasteiger partial charge in [0.1, 0.15) is 6.33 Å². The minimum Gasteiger partial charge on any atom is -0.375 e. The number of para-hydroxylation sites is 2. The van der Waals surface area contributed by atoms with E-state index in [4.69, 9.17) is 0 Å². The molecule has 1 N–H and O–H groups in total. The molecule has 0 aliphatic carbocycles. The Kier molecular flexibility index (Phi) is 5.36. The largest absolute Gasteiger partial charge is 0.375 e. The molecule has 7 nitrogen and oxygen atoms in total. The number of amides is 1. The fourth-order valence-corrected chi connectivity index (χ4v) is 2.56. The molecule has 0 radical (unpaired) electrons. The number of rotatable bonds is 7. The van der Waals surface area contributed by atoms with Crippen molar-refractivity contribution >= 4 is 11.6 Å². The molecule has 0 atom stereocenters. The van der Waals surface area contributed by atoms with Crippen molar-refractivity contribution < 1.29 is 4.79 Å². The Morgan fingerprint density at radius 3 is 2.64 bits per heavy atom. The number of carbonyl (C=O) groups is 1. The van der Waals surface area contributed by atoms with Crippen molar-refractivity contribution in [3.8, 4) is 5.69 Å². The van der Waals surface area contributed by atoms with E-state index < -0.39 is 0 Å². The van der Waals surface area contributed by atoms with Crippen LogP contribution in [0.1, 0.15) is 16.8 Å². The fourth-order valence-electron chi connectivity index (χ4n) is 2.56. The molecule has 1 heterocycles. The van der Waals surface area contributed by atoms with Crippen LogP contribution in [0.25, 0.3) is 5.69 Å². The summed E-state index contributed by atoms with van der Waals surface area (Å²) in [6, 6.07) is 17.4. The zero-order valence-corrected chi connectivity index (χ0v) is 14.0. The van der Waals surface area contributed by atoms with Crippen molar-refractivity contribution in [1.82, 2.24) is 25.5 Å². The van der Waals surface area contributed by atoms with Crippen molar-refractivity contribution in [3.05, 3.63) is 66.5 Å². The molecule has 1 amide bonds. The summed E-state index contributed by atoms with van der Waals surface area (Å²) in [4.78, 5) is 14.6. The van der Waals surface area contributed by atoms with Gasteiger partial charge in [0, 0.05) is 25.8 Å². The zero-order chi connectivity index (χ0) is 17.5. The second kappa shape index (κ2) is 8.05. The van der Waals surface area contributed by atoms with Gasteiger partial charge >= 0.3 is 0 Å². The highest BCUT2D eigenvalue weighted by atomic mass is 16.1. The molecule has 0 unspecified atom stereocenters. The summed E-state index contributed by atoms with van der Waals surface area (Å²) in [5.41, 5.74) is 2.37. The lowest BCUT2D eigenvalue weighted by atomic mass is 10.1. The standard InChI is InChI=1S/C18H20N6O/c1-23(15-8-3-2-4-9-15)13-7-12-19-18(25)16-10-5-6-11-17(16)24-14-20-21-22-24/h2-6,8-11,14H,7,12-13H2,1H3,(H,19,25). The number of nitrogens with zero attached hydrogens (tertiary/aromatic N) is 5. The summed E-state index contributed by atoms with van der Waals surface area (Å²) >= 11 is 0. The van der Waals surface area contributed by atoms with E-state index in [-0.39, 0.29) is 5.91 Å². The van der Waals surface area contributed by atoms with Crippen molar-refractivity contribution in [2.24, 2.45) is 0 Å². The molecule has 0 aliphatic heterocycles. The topological polar surface area (TPSA) is 75.9 Å². The maximum absolute atomic E-state index is 12.5. The number of aromatic nitrogens is 4. The predicted molar refractivity (Wildman–Crippen MR) is 95.8 cm³/mol. The van der Waals surface area contributed by atoms with Crippen molar-refractivity contribution in [1.29, 1.82) is 0 Å². The van der Waals surface area contributed by atoms with Gasteiger partial charge in [0.25, 0.3) is 5.91 Å². The molecular formula is C18H20N6O. The molecule has 2 aromatic carbocycles. The number of tetrazole rings is 1. The number of benzene rings is 2. The summed E-state index contributed by atoms with van der Waals surface area (Å²) in [6.45, 7) is 1.46. The third-order valence-electron chi connectivity index (χ3n) is 3.90. The van der Waals surface area contributed by atoms with E-state index in [0.29, 0.717) is 17.8 Å². The number of hydrogen-bond acceptors (Lipinski definition) is 5. The van der Waals surface area contributed by atoms with Gasteiger partial charge in [-0.25, -0.2) is 0 Å². The Morgan fingerprint density at radius 2 is 1.88 bits per heavy atom. The first kappa shape index (κ1) is 16.6. The number of anilines is 1. The second-order valence-electron chi connectivity index (χ2n) is 5.64. The van der Waals surface area contributed by atoms with Crippen LogP contribution in [0.3, 0.4) is 0 Å². The maximum atomic E-state index is 12.5. The molecule has 3 rings (SSSR count). The zero-order valence-electron chi connectivity index (χ0n) is 14.0. The summed E-state index contributed by atoms with van der Waals surface area (Å²) < 4.78 is 1.48. The Hall–Kier alpha value is -3.22. The summed E-state index contributed by atoms with van der Waals surface area (Å²) in [5, 5.41) is 14.0. The van der Waals surface area contributed by atoms with Gasteiger partial charge in [-0.15, -0.1) is 5.10 Å². The van der Waals surface area contributed by atoms with Gasteiger partial charge in [-0.2, -0.15) is 4.68 Å². The molecule has 0 spiro atoms. The van der Waals surface area contributed by atoms with Gasteiger partial charge in [-0.3, -0.25) is 4.79 Å². The smallest absolute Gasteiger partial charge is 0.253 e. The Labute approximate surface area is 146 Å². The normalized spacial score (nSPS) is 10.4. The van der Waals surface area contributed by atoms with Crippen LogP contribution in [0.15, 0.2) is 60.9 Å². The predicted octanol–water partition coefficient (Wildman–Crippen LogP) is 1.92. The van der Waals surface area contributed by atoms with Gasteiger partial charge in [0.15, 0.2) is 0 Å². The van der Waals surface area contributed by atoms with Crippen molar-refractivity contribution in [2.45, 2.75) is 6.42 Å². The van der Waals surface area contributed by atoms with Crippen LogP contribution in [-0.4, -0.2) is 46.3 Å². The highest BCUT2D eigenvalue weighted by Crippen LogP contribution is 2.13. The first-order chi connectivity index (χ1) is 12.3. The van der Waals surface area contributed by atoms with E-state index in [1.807, 2.05) is 43.4 Å². The van der Waals surface area contributed by atoms with Gasteiger partial charge in [-0.05, 0) is 41.1 Å². The quantitative estimate of drug-likeness (QED) is 0.667. The molecule has 25 heavy (non-hydrogen) atoms. The molecule has 0 saturated carbocycles. The van der Waals surface area contributed by atoms with E-state index >= 15 is 0 Å². The van der Waals surface area contributed by atoms with E-state index in [1.165, 1.54) is 11.0 Å². The van der Waals surface area contributed by atoms with Gasteiger partial charge < -0.3 is 10.2 Å². The third kappa shape index (κ3) is 4.20. The van der Waals surface area contributed by atoms with E-state index in [0.717, 1.165) is 18.7 Å². The lowest BCUT2D eigenvalue weighted by Gasteiger charge is -2.19. The van der Waals surface area contributed by atoms with Crippen LogP contribution in [0.4, 0.5) is 5.69 Å². The number of hydrogen-bond donors (Lipinski definition) is 1. The molecule has 0 saturated heterocycles. The van der Waals surface area contributed by atoms with E-state index in [9.17, 15) is 4.79 Å². The second-order valence-corrected chi connectivity index (χ2v) is 5.64. The third-order valence-corrected chi connectivity index (χ3v) is 3.90. The highest BCUT2D eigenvalue weighted by molar-refractivity contribution is 5.97. The molecule has 7 heteroatoms. The fraction of sp³-hybridized carbons (Fsp3) is 0.222. The van der Waals surface area contributed by atoms with Gasteiger partial charge in [-0.1, -0.05) is 30.3 Å². The minimum atomic E-state index is -0.131. The van der Waals surface area contributed by atoms with Crippen molar-refractivity contribution in [2.75, 3.05) is 25.0 Å². The summed E-state index contributed by atoms with van der Waals surface area (Å²) in [7, 11) is 2.05. The van der Waals surface area contributed by atoms with Gasteiger partial charge in [0.2, 0.25) is 0 Å². The summed E-state index contributed by atoms with van der Waals surface area (Å²) in [5.74, 6) is -0.131. The van der Waals surface area contributed by atoms with Crippen LogP contribution < -0.4 is 10.2 Å². The van der Waals surface area contributed by atoms with Crippen LogP contribution >= 0.6 is 0 Å². The minimum absolute atomic E-state index is 0.131. The Balaban J connectivity index is 1.54. The number of nitrogens with one attached hydrogen (secondary N) is 1. The molecular weight excluding hydrogens is 316 g/mol. The van der Waals surface area contributed by atoms with Crippen LogP contribution in [0.5, 0.6) is 0 Å². The average molecular weight is 336 g/mol. The maximum Gasteiger partial charge on any atom is 0.253 e. The van der Waals surface area contributed by atoms with Crippen LogP contribution in [0.2, 0.25) is 0 Å². The van der Waals surface area contributed by atoms with Crippen molar-refractivity contribution in [3.63, 3.8) is 0 Å². The Morgan fingerprint density at radius 1 is 1.12 bits per heavy atom. The van der Waals surface area contributed by atoms with Gasteiger partial charge in [0.05, 0.1) is 11.3 Å². The SMILES string of the molecule is CN(CCCNC(=O)c1ccccc1-n1cnnn1)c1ccccc1. The Bertz CT molecular complexity index is 803. The van der Waals surface area contributed by atoms with E-state index in [1.54, 1.807) is 6.07 Å². The van der Waals surface area contributed by atoms with E-state index in [2.05, 4.69) is 37.9 Å². The molecule has 0 bridgehead atoms. The van der Waals surface area contributed by atoms with Crippen LogP contribution in [0, 0.1) is 0 Å². The molecule has 1 aromatic heterocycles. The monoisotopic (exact) mass is 336 g/mol. The highest BCUT2D eigenvalue weighted by Gasteiger charge is 2.12.